The van der Waals surface area contributed by atoms with Crippen molar-refractivity contribution < 1.29 is 4.74 Å². The van der Waals surface area contributed by atoms with Gasteiger partial charge in [-0.2, -0.15) is 0 Å². The van der Waals surface area contributed by atoms with E-state index in [-0.39, 0.29) is 0 Å². The minimum absolute atomic E-state index is 0.766. The number of rotatable bonds is 4. The van der Waals surface area contributed by atoms with Gasteiger partial charge in [0.05, 0.1) is 13.2 Å². The Hall–Kier alpha value is -0.0800. The lowest BCUT2D eigenvalue weighted by Crippen LogP contribution is -2.00. The summed E-state index contributed by atoms with van der Waals surface area (Å²) in [5.74, 6) is 0. The molecule has 0 spiro atoms. The summed E-state index contributed by atoms with van der Waals surface area (Å²) in [6, 6.07) is 0. The molecular formula is C9H13BrO. The van der Waals surface area contributed by atoms with Gasteiger partial charge < -0.3 is 4.74 Å². The molecule has 0 amide bonds. The van der Waals surface area contributed by atoms with Crippen LogP contribution in [0.1, 0.15) is 12.8 Å². The molecule has 0 saturated heterocycles. The molecule has 0 saturated carbocycles. The maximum Gasteiger partial charge on any atom is 0.0714 e. The average Bonchev–Trinajstić information content (AvgIpc) is 2.07. The predicted octanol–water partition coefficient (Wildman–Crippen LogP) is 2.67. The maximum atomic E-state index is 5.36. The van der Waals surface area contributed by atoms with Crippen LogP contribution in [0.2, 0.25) is 0 Å². The second-order valence-electron chi connectivity index (χ2n) is 2.50. The van der Waals surface area contributed by atoms with Crippen LogP contribution in [0.5, 0.6) is 0 Å². The predicted molar refractivity (Wildman–Crippen MR) is 51.1 cm³/mol. The number of ether oxygens (including phenoxy) is 1. The Labute approximate surface area is 76.3 Å². The SMILES string of the molecule is BrCCOCC1=CCCC=C1. The maximum absolute atomic E-state index is 5.36. The van der Waals surface area contributed by atoms with Crippen molar-refractivity contribution in [3.63, 3.8) is 0 Å². The van der Waals surface area contributed by atoms with E-state index in [1.54, 1.807) is 0 Å². The highest BCUT2D eigenvalue weighted by atomic mass is 79.9. The van der Waals surface area contributed by atoms with Gasteiger partial charge in [0, 0.05) is 5.33 Å². The van der Waals surface area contributed by atoms with Crippen LogP contribution in [-0.2, 0) is 4.74 Å². The van der Waals surface area contributed by atoms with Gasteiger partial charge in [0.1, 0.15) is 0 Å². The fraction of sp³-hybridized carbons (Fsp3) is 0.556. The van der Waals surface area contributed by atoms with Crippen molar-refractivity contribution in [2.75, 3.05) is 18.5 Å². The molecule has 0 aromatic rings. The smallest absolute Gasteiger partial charge is 0.0714 e. The molecule has 0 aromatic heterocycles. The summed E-state index contributed by atoms with van der Waals surface area (Å²) in [7, 11) is 0. The van der Waals surface area contributed by atoms with Crippen molar-refractivity contribution in [3.8, 4) is 0 Å². The number of allylic oxidation sites excluding steroid dienone is 2. The zero-order chi connectivity index (χ0) is 7.94. The number of halogens is 1. The highest BCUT2D eigenvalue weighted by Gasteiger charge is 1.96. The van der Waals surface area contributed by atoms with Crippen molar-refractivity contribution in [2.24, 2.45) is 0 Å². The summed E-state index contributed by atoms with van der Waals surface area (Å²) >= 11 is 3.31. The third kappa shape index (κ3) is 3.73. The van der Waals surface area contributed by atoms with Gasteiger partial charge in [-0.25, -0.2) is 0 Å². The summed E-state index contributed by atoms with van der Waals surface area (Å²) in [5.41, 5.74) is 1.32. The van der Waals surface area contributed by atoms with Crippen LogP contribution in [0.15, 0.2) is 23.8 Å². The van der Waals surface area contributed by atoms with Crippen molar-refractivity contribution in [2.45, 2.75) is 12.8 Å². The third-order valence-electron chi connectivity index (χ3n) is 1.56. The summed E-state index contributed by atoms with van der Waals surface area (Å²) < 4.78 is 5.36. The number of hydrogen-bond donors (Lipinski definition) is 0. The van der Waals surface area contributed by atoms with E-state index in [9.17, 15) is 0 Å². The van der Waals surface area contributed by atoms with Crippen LogP contribution in [0.3, 0.4) is 0 Å². The Morgan fingerprint density at radius 2 is 2.36 bits per heavy atom. The molecule has 1 nitrogen and oxygen atoms in total. The lowest BCUT2D eigenvalue weighted by atomic mass is 10.1. The Kier molecular flexibility index (Phi) is 4.55. The number of hydrogen-bond acceptors (Lipinski definition) is 1. The van der Waals surface area contributed by atoms with Gasteiger partial charge in [-0.15, -0.1) is 0 Å². The van der Waals surface area contributed by atoms with Crippen molar-refractivity contribution >= 4 is 15.9 Å². The molecule has 0 radical (unpaired) electrons. The Morgan fingerprint density at radius 3 is 3.00 bits per heavy atom. The van der Waals surface area contributed by atoms with Crippen LogP contribution in [0, 0.1) is 0 Å². The van der Waals surface area contributed by atoms with E-state index in [2.05, 4.69) is 34.2 Å². The monoisotopic (exact) mass is 216 g/mol. The fourth-order valence-electron chi connectivity index (χ4n) is 1.02. The number of alkyl halides is 1. The van der Waals surface area contributed by atoms with Gasteiger partial charge in [0.25, 0.3) is 0 Å². The molecule has 0 N–H and O–H groups in total. The zero-order valence-corrected chi connectivity index (χ0v) is 8.14. The first-order valence-corrected chi connectivity index (χ1v) is 5.05. The molecule has 11 heavy (non-hydrogen) atoms. The highest BCUT2D eigenvalue weighted by Crippen LogP contribution is 2.09. The second-order valence-corrected chi connectivity index (χ2v) is 3.29. The van der Waals surface area contributed by atoms with Crippen LogP contribution < -0.4 is 0 Å². The van der Waals surface area contributed by atoms with Crippen LogP contribution in [0.25, 0.3) is 0 Å². The molecule has 0 atom stereocenters. The van der Waals surface area contributed by atoms with Crippen molar-refractivity contribution in [1.82, 2.24) is 0 Å². The van der Waals surface area contributed by atoms with Gasteiger partial charge in [0.15, 0.2) is 0 Å². The lowest BCUT2D eigenvalue weighted by molar-refractivity contribution is 0.176. The van der Waals surface area contributed by atoms with E-state index in [1.807, 2.05) is 0 Å². The third-order valence-corrected chi connectivity index (χ3v) is 1.89. The second kappa shape index (κ2) is 5.56. The standard InChI is InChI=1S/C9H13BrO/c10-6-7-11-8-9-4-2-1-3-5-9/h2,4-5H,1,3,6-8H2. The quantitative estimate of drug-likeness (QED) is 0.519. The fourth-order valence-corrected chi connectivity index (χ4v) is 1.25. The molecular weight excluding hydrogens is 204 g/mol. The van der Waals surface area contributed by atoms with E-state index in [1.165, 1.54) is 18.4 Å². The molecule has 0 fully saturated rings. The zero-order valence-electron chi connectivity index (χ0n) is 6.55. The van der Waals surface area contributed by atoms with Crippen molar-refractivity contribution in [3.05, 3.63) is 23.8 Å². The normalized spacial score (nSPS) is 16.6. The topological polar surface area (TPSA) is 9.23 Å². The van der Waals surface area contributed by atoms with Gasteiger partial charge >= 0.3 is 0 Å². The summed E-state index contributed by atoms with van der Waals surface area (Å²) in [6.45, 7) is 1.56. The highest BCUT2D eigenvalue weighted by molar-refractivity contribution is 9.09. The Morgan fingerprint density at radius 1 is 1.45 bits per heavy atom. The van der Waals surface area contributed by atoms with Crippen LogP contribution in [-0.4, -0.2) is 18.5 Å². The van der Waals surface area contributed by atoms with Crippen LogP contribution >= 0.6 is 15.9 Å². The molecule has 62 valence electrons. The van der Waals surface area contributed by atoms with Gasteiger partial charge in [-0.1, -0.05) is 34.2 Å². The summed E-state index contributed by atoms with van der Waals surface area (Å²) in [4.78, 5) is 0. The lowest BCUT2D eigenvalue weighted by Gasteiger charge is -2.06. The van der Waals surface area contributed by atoms with Crippen molar-refractivity contribution in [1.29, 1.82) is 0 Å². The Balaban J connectivity index is 2.15. The van der Waals surface area contributed by atoms with E-state index in [0.717, 1.165) is 18.5 Å². The molecule has 0 aromatic carbocycles. The first-order valence-electron chi connectivity index (χ1n) is 3.93. The molecule has 0 aliphatic heterocycles. The van der Waals surface area contributed by atoms with Gasteiger partial charge in [0.2, 0.25) is 0 Å². The van der Waals surface area contributed by atoms with Crippen LogP contribution in [0.4, 0.5) is 0 Å². The van der Waals surface area contributed by atoms with Gasteiger partial charge in [-0.05, 0) is 18.4 Å². The molecule has 0 bridgehead atoms. The molecule has 0 unspecified atom stereocenters. The minimum Gasteiger partial charge on any atom is -0.376 e. The first-order chi connectivity index (χ1) is 5.43. The summed E-state index contributed by atoms with van der Waals surface area (Å²) in [5, 5.41) is 0.921. The van der Waals surface area contributed by atoms with Gasteiger partial charge in [-0.3, -0.25) is 0 Å². The molecule has 1 aliphatic carbocycles. The molecule has 1 rings (SSSR count). The van der Waals surface area contributed by atoms with E-state index < -0.39 is 0 Å². The minimum atomic E-state index is 0.766. The van der Waals surface area contributed by atoms with E-state index >= 15 is 0 Å². The molecule has 2 heteroatoms. The molecule has 0 heterocycles. The average molecular weight is 217 g/mol. The molecule has 1 aliphatic rings. The summed E-state index contributed by atoms with van der Waals surface area (Å²) in [6.07, 6.45) is 8.95. The Bertz CT molecular complexity index is 161. The van der Waals surface area contributed by atoms with E-state index in [0.29, 0.717) is 0 Å². The largest absolute Gasteiger partial charge is 0.376 e. The van der Waals surface area contributed by atoms with E-state index in [4.69, 9.17) is 4.74 Å². The first kappa shape index (κ1) is 9.01.